The summed E-state index contributed by atoms with van der Waals surface area (Å²) in [5.74, 6) is -0.287. The second-order valence-electron chi connectivity index (χ2n) is 2.37. The van der Waals surface area contributed by atoms with Crippen LogP contribution in [0.5, 0.6) is 0 Å². The summed E-state index contributed by atoms with van der Waals surface area (Å²) in [4.78, 5) is 19.6. The molecular weight excluding hydrogens is 318 g/mol. The third-order valence-electron chi connectivity index (χ3n) is 1.07. The summed E-state index contributed by atoms with van der Waals surface area (Å²) >= 11 is 0. The zero-order chi connectivity index (χ0) is 14.3. The van der Waals surface area contributed by atoms with Crippen LogP contribution in [0.15, 0.2) is 0 Å². The Balaban J connectivity index is -0.000000392. The molecule has 0 rings (SSSR count). The van der Waals surface area contributed by atoms with E-state index in [4.69, 9.17) is 0 Å². The number of rotatable bonds is 2. The van der Waals surface area contributed by atoms with E-state index in [0.29, 0.717) is 0 Å². The van der Waals surface area contributed by atoms with Gasteiger partial charge in [0.25, 0.3) is 0 Å². The molecule has 0 saturated heterocycles. The van der Waals surface area contributed by atoms with E-state index < -0.39 is 30.3 Å². The van der Waals surface area contributed by atoms with Gasteiger partial charge in [0, 0.05) is 0 Å². The third kappa shape index (κ3) is 11.4. The monoisotopic (exact) mass is 324 g/mol. The zero-order valence-corrected chi connectivity index (χ0v) is 9.90. The van der Waals surface area contributed by atoms with Gasteiger partial charge in [-0.25, -0.2) is 6.42 Å². The molecule has 0 spiro atoms. The van der Waals surface area contributed by atoms with Crippen molar-refractivity contribution < 1.29 is 53.0 Å². The Kier molecular flexibility index (Phi) is 10.9. The minimum Gasteiger partial charge on any atom is -0.324 e. The zero-order valence-electron chi connectivity index (χ0n) is 8.96. The summed E-state index contributed by atoms with van der Waals surface area (Å²) < 4.78 is 67.8. The molecule has 0 aliphatic heterocycles. The van der Waals surface area contributed by atoms with Crippen LogP contribution in [0.25, 0.3) is 0 Å². The molecule has 18 heavy (non-hydrogen) atoms. The number of halogens is 6. The quantitative estimate of drug-likeness (QED) is 0.257. The Morgan fingerprint density at radius 1 is 0.833 bits per heavy atom. The van der Waals surface area contributed by atoms with E-state index in [-0.39, 0.29) is 17.1 Å². The van der Waals surface area contributed by atoms with E-state index in [1.165, 1.54) is 0 Å². The number of carbonyl (C=O) groups is 2. The van der Waals surface area contributed by atoms with Crippen LogP contribution in [0, 0.1) is 18.3 Å². The topological polar surface area (TPSA) is 34.1 Å². The summed E-state index contributed by atoms with van der Waals surface area (Å²) in [5, 5.41) is 0. The van der Waals surface area contributed by atoms with Crippen molar-refractivity contribution in [3.63, 3.8) is 0 Å². The van der Waals surface area contributed by atoms with E-state index in [1.54, 1.807) is 0 Å². The molecule has 0 atom stereocenters. The number of ketones is 2. The van der Waals surface area contributed by atoms with Crippen LogP contribution in [0.3, 0.4) is 0 Å². The minimum atomic E-state index is -5.46. The van der Waals surface area contributed by atoms with Gasteiger partial charge in [-0.2, -0.15) is 26.3 Å². The van der Waals surface area contributed by atoms with Crippen LogP contribution in [0.1, 0.15) is 13.8 Å². The van der Waals surface area contributed by atoms with Crippen molar-refractivity contribution in [3.05, 3.63) is 6.42 Å². The fourth-order valence-electron chi connectivity index (χ4n) is 0.283. The SMILES string of the molecule is CC#CC.O=C([CH-]C(=O)C(F)(F)F)C(F)(F)F.[Cu+]. The van der Waals surface area contributed by atoms with Gasteiger partial charge in [-0.1, -0.05) is 0 Å². The predicted octanol–water partition coefficient (Wildman–Crippen LogP) is 2.48. The minimum absolute atomic E-state index is 0. The van der Waals surface area contributed by atoms with Crippen molar-refractivity contribution >= 4 is 11.6 Å². The van der Waals surface area contributed by atoms with Crippen molar-refractivity contribution in [2.45, 2.75) is 26.2 Å². The van der Waals surface area contributed by atoms with Gasteiger partial charge in [-0.05, 0) is 13.8 Å². The first-order valence-electron chi connectivity index (χ1n) is 3.87. The first kappa shape index (κ1) is 22.1. The summed E-state index contributed by atoms with van der Waals surface area (Å²) in [7, 11) is 0. The van der Waals surface area contributed by atoms with Crippen molar-refractivity contribution in [3.8, 4) is 11.8 Å². The molecule has 0 bridgehead atoms. The van der Waals surface area contributed by atoms with E-state index >= 15 is 0 Å². The standard InChI is InChI=1S/C5HF6O2.C4H6.Cu/c6-4(7,8)2(12)1-3(13)5(9,10)11;1-3-4-2;/h1H;1-2H3;/q-1;;+1. The van der Waals surface area contributed by atoms with E-state index in [9.17, 15) is 35.9 Å². The number of alkyl halides is 6. The molecule has 0 radical (unpaired) electrons. The van der Waals surface area contributed by atoms with Crippen LogP contribution >= 0.6 is 0 Å². The van der Waals surface area contributed by atoms with Crippen LogP contribution in [0.4, 0.5) is 26.3 Å². The summed E-state index contributed by atoms with van der Waals surface area (Å²) in [6.45, 7) is 3.64. The average Bonchev–Trinajstić information content (AvgIpc) is 2.15. The number of carbonyl (C=O) groups excluding carboxylic acids is 2. The van der Waals surface area contributed by atoms with Crippen molar-refractivity contribution in [1.29, 1.82) is 0 Å². The Morgan fingerprint density at radius 3 is 1.17 bits per heavy atom. The third-order valence-corrected chi connectivity index (χ3v) is 1.07. The van der Waals surface area contributed by atoms with Crippen LogP contribution in [-0.2, 0) is 26.7 Å². The molecule has 0 aliphatic rings. The molecule has 0 heterocycles. The molecule has 0 amide bonds. The van der Waals surface area contributed by atoms with Gasteiger partial charge in [0.2, 0.25) is 0 Å². The maximum Gasteiger partial charge on any atom is 1.00 e. The van der Waals surface area contributed by atoms with Gasteiger partial charge < -0.3 is 9.59 Å². The van der Waals surface area contributed by atoms with Crippen molar-refractivity contribution in [1.82, 2.24) is 0 Å². The molecule has 0 fully saturated rings. The fraction of sp³-hybridized carbons (Fsp3) is 0.444. The maximum atomic E-state index is 11.3. The molecular formula is C9H7CuF6O2. The molecule has 0 aromatic heterocycles. The van der Waals surface area contributed by atoms with Gasteiger partial charge >= 0.3 is 29.4 Å². The Morgan fingerprint density at radius 2 is 1.06 bits per heavy atom. The molecule has 0 saturated carbocycles. The molecule has 0 N–H and O–H groups in total. The molecule has 0 unspecified atom stereocenters. The van der Waals surface area contributed by atoms with E-state index in [1.807, 2.05) is 13.8 Å². The fourth-order valence-corrected chi connectivity index (χ4v) is 0.283. The smallest absolute Gasteiger partial charge is 0.324 e. The molecule has 2 nitrogen and oxygen atoms in total. The Labute approximate surface area is 110 Å². The van der Waals surface area contributed by atoms with Crippen LogP contribution < -0.4 is 0 Å². The van der Waals surface area contributed by atoms with Crippen LogP contribution in [-0.4, -0.2) is 23.9 Å². The summed E-state index contributed by atoms with van der Waals surface area (Å²) in [6.07, 6.45) is -11.9. The largest absolute Gasteiger partial charge is 1.00 e. The van der Waals surface area contributed by atoms with Crippen molar-refractivity contribution in [2.75, 3.05) is 0 Å². The maximum absolute atomic E-state index is 11.3. The number of hydrogen-bond donors (Lipinski definition) is 0. The first-order valence-corrected chi connectivity index (χ1v) is 3.87. The van der Waals surface area contributed by atoms with E-state index in [2.05, 4.69) is 11.8 Å². The molecule has 9 heteroatoms. The van der Waals surface area contributed by atoms with Gasteiger partial charge in [0.15, 0.2) is 0 Å². The van der Waals surface area contributed by atoms with Gasteiger partial charge in [0.05, 0.1) is 0 Å². The molecule has 0 aromatic carbocycles. The first-order chi connectivity index (χ1) is 7.46. The van der Waals surface area contributed by atoms with Gasteiger partial charge in [0.1, 0.15) is 11.6 Å². The number of Topliss-reactive ketones (excluding diaryl/α,β-unsaturated/α-hetero) is 2. The molecule has 108 valence electrons. The van der Waals surface area contributed by atoms with Gasteiger partial charge in [-0.3, -0.25) is 0 Å². The average molecular weight is 325 g/mol. The number of hydrogen-bond acceptors (Lipinski definition) is 2. The second-order valence-corrected chi connectivity index (χ2v) is 2.37. The normalized spacial score (nSPS) is 9.78. The summed E-state index contributed by atoms with van der Waals surface area (Å²) in [5.41, 5.74) is 0. The van der Waals surface area contributed by atoms with E-state index in [0.717, 1.165) is 0 Å². The summed E-state index contributed by atoms with van der Waals surface area (Å²) in [6, 6.07) is 0. The van der Waals surface area contributed by atoms with Gasteiger partial charge in [-0.15, -0.1) is 11.8 Å². The van der Waals surface area contributed by atoms with Crippen molar-refractivity contribution in [2.24, 2.45) is 0 Å². The second kappa shape index (κ2) is 8.89. The Bertz CT molecular complexity index is 304. The molecule has 0 aromatic rings. The van der Waals surface area contributed by atoms with Crippen LogP contribution in [0.2, 0.25) is 0 Å². The predicted molar refractivity (Wildman–Crippen MR) is 45.5 cm³/mol. The molecule has 0 aliphatic carbocycles. The Hall–Kier alpha value is -1.13.